The molecule has 16 heavy (non-hydrogen) atoms. The van der Waals surface area contributed by atoms with Crippen LogP contribution < -0.4 is 0 Å². The highest BCUT2D eigenvalue weighted by molar-refractivity contribution is 4.81. The lowest BCUT2D eigenvalue weighted by molar-refractivity contribution is 0.187. The largest absolute Gasteiger partial charge is 0.0654 e. The third kappa shape index (κ3) is 3.50. The van der Waals surface area contributed by atoms with E-state index < -0.39 is 0 Å². The fraction of sp³-hybridized carbons (Fsp3) is 1.00. The Morgan fingerprint density at radius 3 is 2.31 bits per heavy atom. The first-order chi connectivity index (χ1) is 7.90. The molecule has 0 aliphatic heterocycles. The Balaban J connectivity index is 1.70. The number of rotatable bonds is 5. The molecular weight excluding hydrogens is 192 g/mol. The van der Waals surface area contributed by atoms with Crippen molar-refractivity contribution < 1.29 is 0 Å². The van der Waals surface area contributed by atoms with Gasteiger partial charge in [-0.3, -0.25) is 0 Å². The van der Waals surface area contributed by atoms with Gasteiger partial charge in [0.1, 0.15) is 0 Å². The Bertz CT molecular complexity index is 178. The van der Waals surface area contributed by atoms with Crippen molar-refractivity contribution in [2.45, 2.75) is 84.0 Å². The smallest absolute Gasteiger partial charge is 0.0383 e. The SMILES string of the molecule is CCCCCC1CCCC(C2CCCC2)C1. The maximum Gasteiger partial charge on any atom is -0.0383 e. The third-order valence-electron chi connectivity index (χ3n) is 5.11. The number of hydrogen-bond donors (Lipinski definition) is 0. The summed E-state index contributed by atoms with van der Waals surface area (Å²) in [6.45, 7) is 2.32. The molecule has 0 radical (unpaired) electrons. The van der Waals surface area contributed by atoms with Crippen molar-refractivity contribution in [2.75, 3.05) is 0 Å². The molecule has 0 amide bonds. The molecule has 0 aromatic heterocycles. The predicted molar refractivity (Wildman–Crippen MR) is 71.5 cm³/mol. The first-order valence-corrected chi connectivity index (χ1v) is 7.90. The van der Waals surface area contributed by atoms with Gasteiger partial charge in [0.05, 0.1) is 0 Å². The fourth-order valence-corrected chi connectivity index (χ4v) is 4.13. The Morgan fingerprint density at radius 2 is 1.56 bits per heavy atom. The molecule has 0 aromatic rings. The second-order valence-electron chi connectivity index (χ2n) is 6.33. The Kier molecular flexibility index (Phi) is 5.19. The molecule has 0 heteroatoms. The van der Waals surface area contributed by atoms with E-state index in [2.05, 4.69) is 6.92 Å². The molecule has 2 fully saturated rings. The van der Waals surface area contributed by atoms with Crippen LogP contribution in [-0.4, -0.2) is 0 Å². The normalized spacial score (nSPS) is 32.1. The van der Waals surface area contributed by atoms with E-state index in [0.717, 1.165) is 17.8 Å². The lowest BCUT2D eigenvalue weighted by Gasteiger charge is -2.33. The summed E-state index contributed by atoms with van der Waals surface area (Å²) < 4.78 is 0. The topological polar surface area (TPSA) is 0 Å². The summed E-state index contributed by atoms with van der Waals surface area (Å²) in [7, 11) is 0. The van der Waals surface area contributed by atoms with Gasteiger partial charge < -0.3 is 0 Å². The van der Waals surface area contributed by atoms with Crippen molar-refractivity contribution >= 4 is 0 Å². The van der Waals surface area contributed by atoms with Crippen LogP contribution in [0.4, 0.5) is 0 Å². The van der Waals surface area contributed by atoms with Crippen molar-refractivity contribution in [1.82, 2.24) is 0 Å². The third-order valence-corrected chi connectivity index (χ3v) is 5.11. The Hall–Kier alpha value is 0. The molecule has 0 saturated heterocycles. The molecule has 0 heterocycles. The lowest BCUT2D eigenvalue weighted by Crippen LogP contribution is -2.21. The van der Waals surface area contributed by atoms with E-state index in [-0.39, 0.29) is 0 Å². The van der Waals surface area contributed by atoms with Crippen molar-refractivity contribution in [3.05, 3.63) is 0 Å². The maximum absolute atomic E-state index is 2.32. The Morgan fingerprint density at radius 1 is 0.812 bits per heavy atom. The van der Waals surface area contributed by atoms with E-state index in [9.17, 15) is 0 Å². The van der Waals surface area contributed by atoms with Gasteiger partial charge in [-0.15, -0.1) is 0 Å². The molecule has 0 bridgehead atoms. The maximum atomic E-state index is 2.32. The molecule has 2 aliphatic rings. The van der Waals surface area contributed by atoms with Gasteiger partial charge in [0.25, 0.3) is 0 Å². The van der Waals surface area contributed by atoms with E-state index >= 15 is 0 Å². The quantitative estimate of drug-likeness (QED) is 0.534. The molecule has 2 unspecified atom stereocenters. The molecule has 2 saturated carbocycles. The van der Waals surface area contributed by atoms with Gasteiger partial charge in [-0.1, -0.05) is 77.6 Å². The minimum absolute atomic E-state index is 1.10. The van der Waals surface area contributed by atoms with E-state index in [1.54, 1.807) is 32.1 Å². The highest BCUT2D eigenvalue weighted by Gasteiger charge is 2.29. The molecule has 0 spiro atoms. The van der Waals surface area contributed by atoms with Gasteiger partial charge >= 0.3 is 0 Å². The van der Waals surface area contributed by atoms with E-state index in [0.29, 0.717) is 0 Å². The van der Waals surface area contributed by atoms with Crippen molar-refractivity contribution in [2.24, 2.45) is 17.8 Å². The van der Waals surface area contributed by atoms with E-state index in [1.165, 1.54) is 44.9 Å². The van der Waals surface area contributed by atoms with E-state index in [1.807, 2.05) is 0 Å². The zero-order valence-corrected chi connectivity index (χ0v) is 11.2. The standard InChI is InChI=1S/C16H30/c1-2-3-4-8-14-9-7-12-16(13-14)15-10-5-6-11-15/h14-16H,2-13H2,1H3. The van der Waals surface area contributed by atoms with Gasteiger partial charge in [-0.05, 0) is 24.2 Å². The summed E-state index contributed by atoms with van der Waals surface area (Å²) in [5, 5.41) is 0. The second-order valence-corrected chi connectivity index (χ2v) is 6.33. The highest BCUT2D eigenvalue weighted by Crippen LogP contribution is 2.42. The van der Waals surface area contributed by atoms with Crippen LogP contribution in [0, 0.1) is 17.8 Å². The van der Waals surface area contributed by atoms with Gasteiger partial charge in [0.2, 0.25) is 0 Å². The first kappa shape index (κ1) is 12.5. The number of hydrogen-bond acceptors (Lipinski definition) is 0. The molecule has 2 aliphatic carbocycles. The van der Waals surface area contributed by atoms with Crippen molar-refractivity contribution in [3.63, 3.8) is 0 Å². The minimum atomic E-state index is 1.10. The summed E-state index contributed by atoms with van der Waals surface area (Å²) in [5.41, 5.74) is 0. The van der Waals surface area contributed by atoms with Crippen LogP contribution in [0.3, 0.4) is 0 Å². The lowest BCUT2D eigenvalue weighted by atomic mass is 9.73. The molecule has 2 rings (SSSR count). The average molecular weight is 222 g/mol. The summed E-state index contributed by atoms with van der Waals surface area (Å²) in [6, 6.07) is 0. The molecule has 0 aromatic carbocycles. The monoisotopic (exact) mass is 222 g/mol. The van der Waals surface area contributed by atoms with Crippen LogP contribution in [0.15, 0.2) is 0 Å². The van der Waals surface area contributed by atoms with Gasteiger partial charge in [-0.25, -0.2) is 0 Å². The summed E-state index contributed by atoms with van der Waals surface area (Å²) in [4.78, 5) is 0. The predicted octanol–water partition coefficient (Wildman–Crippen LogP) is 5.56. The van der Waals surface area contributed by atoms with Crippen molar-refractivity contribution in [3.8, 4) is 0 Å². The van der Waals surface area contributed by atoms with Crippen LogP contribution in [-0.2, 0) is 0 Å². The highest BCUT2D eigenvalue weighted by atomic mass is 14.3. The zero-order valence-electron chi connectivity index (χ0n) is 11.2. The van der Waals surface area contributed by atoms with Crippen LogP contribution in [0.5, 0.6) is 0 Å². The zero-order chi connectivity index (χ0) is 11.2. The van der Waals surface area contributed by atoms with Crippen LogP contribution in [0.25, 0.3) is 0 Å². The molecule has 94 valence electrons. The first-order valence-electron chi connectivity index (χ1n) is 7.90. The Labute approximate surface area is 102 Å². The van der Waals surface area contributed by atoms with Gasteiger partial charge in [0, 0.05) is 0 Å². The van der Waals surface area contributed by atoms with Gasteiger partial charge in [0.15, 0.2) is 0 Å². The van der Waals surface area contributed by atoms with Crippen LogP contribution in [0.2, 0.25) is 0 Å². The number of unbranched alkanes of at least 4 members (excludes halogenated alkanes) is 2. The summed E-state index contributed by atoms with van der Waals surface area (Å²) in [5.74, 6) is 3.36. The van der Waals surface area contributed by atoms with Crippen LogP contribution in [0.1, 0.15) is 84.0 Å². The molecule has 0 N–H and O–H groups in total. The fourth-order valence-electron chi connectivity index (χ4n) is 4.13. The molecule has 0 nitrogen and oxygen atoms in total. The minimum Gasteiger partial charge on any atom is -0.0654 e. The summed E-state index contributed by atoms with van der Waals surface area (Å²) >= 11 is 0. The molecule has 2 atom stereocenters. The molecular formula is C16H30. The van der Waals surface area contributed by atoms with Crippen molar-refractivity contribution in [1.29, 1.82) is 0 Å². The summed E-state index contributed by atoms with van der Waals surface area (Å²) in [6.07, 6.45) is 18.3. The second kappa shape index (κ2) is 6.67. The average Bonchev–Trinajstić information content (AvgIpc) is 2.83. The van der Waals surface area contributed by atoms with E-state index in [4.69, 9.17) is 0 Å². The van der Waals surface area contributed by atoms with Gasteiger partial charge in [-0.2, -0.15) is 0 Å². The van der Waals surface area contributed by atoms with Crippen LogP contribution >= 0.6 is 0 Å².